The fourth-order valence-corrected chi connectivity index (χ4v) is 3.02. The van der Waals surface area contributed by atoms with Gasteiger partial charge in [0.15, 0.2) is 6.29 Å². The minimum Gasteiger partial charge on any atom is -0.460 e. The Bertz CT molecular complexity index is 1290. The van der Waals surface area contributed by atoms with Gasteiger partial charge in [0.1, 0.15) is 23.9 Å². The third kappa shape index (κ3) is 7.96. The average molecular weight is 512 g/mol. The Morgan fingerprint density at radius 3 is 2.27 bits per heavy atom. The van der Waals surface area contributed by atoms with Gasteiger partial charge in [-0.2, -0.15) is 4.98 Å². The van der Waals surface area contributed by atoms with E-state index in [-0.39, 0.29) is 24.4 Å². The van der Waals surface area contributed by atoms with Gasteiger partial charge in [-0.1, -0.05) is 35.5 Å². The number of rotatable bonds is 11. The summed E-state index contributed by atoms with van der Waals surface area (Å²) < 4.78 is 15.4. The highest BCUT2D eigenvalue weighted by atomic mass is 16.7. The van der Waals surface area contributed by atoms with Crippen LogP contribution in [0.3, 0.4) is 0 Å². The topological polar surface area (TPSA) is 196 Å². The molecule has 0 aliphatic rings. The van der Waals surface area contributed by atoms with Crippen LogP contribution in [0.25, 0.3) is 0 Å². The average Bonchev–Trinajstić information content (AvgIpc) is 2.88. The van der Waals surface area contributed by atoms with Gasteiger partial charge in [-0.05, 0) is 30.3 Å². The monoisotopic (exact) mass is 512 g/mol. The zero-order chi connectivity index (χ0) is 26.8. The molecule has 2 unspecified atom stereocenters. The molecule has 13 nitrogen and oxygen atoms in total. The van der Waals surface area contributed by atoms with Crippen molar-refractivity contribution in [3.8, 4) is 5.75 Å². The first-order chi connectivity index (χ1) is 17.8. The highest BCUT2D eigenvalue weighted by Crippen LogP contribution is 2.17. The number of benzene rings is 2. The smallest absolute Gasteiger partial charge is 0.353 e. The summed E-state index contributed by atoms with van der Waals surface area (Å²) in [5.74, 6) is -1.38. The minimum atomic E-state index is -1.90. The number of anilines is 1. The molecule has 2 atom stereocenters. The molecule has 37 heavy (non-hydrogen) atoms. The molecule has 0 bridgehead atoms. The minimum absolute atomic E-state index is 0.0631. The quantitative estimate of drug-likeness (QED) is 0.0707. The molecule has 3 rings (SSSR count). The molecule has 0 amide bonds. The van der Waals surface area contributed by atoms with E-state index in [1.165, 1.54) is 18.2 Å². The Balaban J connectivity index is 1.41. The molecule has 0 fully saturated rings. The number of hydrogen-bond donors (Lipinski definition) is 4. The van der Waals surface area contributed by atoms with E-state index < -0.39 is 36.9 Å². The lowest BCUT2D eigenvalue weighted by Gasteiger charge is -2.18. The van der Waals surface area contributed by atoms with Crippen molar-refractivity contribution < 1.29 is 39.2 Å². The van der Waals surface area contributed by atoms with Crippen molar-refractivity contribution in [3.63, 3.8) is 0 Å². The van der Waals surface area contributed by atoms with Gasteiger partial charge in [0.2, 0.25) is 6.41 Å². The second-order valence-electron chi connectivity index (χ2n) is 7.46. The van der Waals surface area contributed by atoms with E-state index in [2.05, 4.69) is 10.1 Å². The number of aliphatic hydroxyl groups excluding tert-OH is 2. The number of carbonyl (C=O) groups is 2. The number of aliphatic hydroxyl groups is 2. The summed E-state index contributed by atoms with van der Waals surface area (Å²) in [6.45, 7) is -0.667. The predicted octanol–water partition coefficient (Wildman–Crippen LogP) is 0.764. The lowest BCUT2D eigenvalue weighted by atomic mass is 10.0. The van der Waals surface area contributed by atoms with Crippen LogP contribution in [0, 0.1) is 0 Å². The summed E-state index contributed by atoms with van der Waals surface area (Å²) in [7, 11) is 0. The van der Waals surface area contributed by atoms with Crippen LogP contribution >= 0.6 is 0 Å². The van der Waals surface area contributed by atoms with Crippen LogP contribution in [0.15, 0.2) is 76.8 Å². The predicted molar refractivity (Wildman–Crippen MR) is 127 cm³/mol. The SMILES string of the molecule is Nc1ccn(C(O)OC(O)COC(=O)CCC(=O)Oc2ccc(/C(=N/O)c3ccccc3)cc2)c(=O)n1. The summed E-state index contributed by atoms with van der Waals surface area (Å²) in [6.07, 6.45) is -3.21. The number of hydrogen-bond acceptors (Lipinski definition) is 12. The summed E-state index contributed by atoms with van der Waals surface area (Å²) >= 11 is 0. The first-order valence-corrected chi connectivity index (χ1v) is 10.9. The lowest BCUT2D eigenvalue weighted by molar-refractivity contribution is -0.256. The number of esters is 2. The molecular weight excluding hydrogens is 488 g/mol. The molecular formula is C24H24N4O9. The second-order valence-corrected chi connectivity index (χ2v) is 7.46. The van der Waals surface area contributed by atoms with Gasteiger partial charge < -0.3 is 35.4 Å². The summed E-state index contributed by atoms with van der Waals surface area (Å²) in [6, 6.07) is 16.5. The van der Waals surface area contributed by atoms with Crippen LogP contribution in [-0.4, -0.2) is 55.5 Å². The third-order valence-corrected chi connectivity index (χ3v) is 4.80. The van der Waals surface area contributed by atoms with E-state index in [9.17, 15) is 29.8 Å². The molecule has 0 aliphatic heterocycles. The highest BCUT2D eigenvalue weighted by molar-refractivity contribution is 6.12. The zero-order valence-electron chi connectivity index (χ0n) is 19.3. The molecule has 194 valence electrons. The van der Waals surface area contributed by atoms with E-state index >= 15 is 0 Å². The van der Waals surface area contributed by atoms with Gasteiger partial charge in [-0.25, -0.2) is 9.36 Å². The number of aromatic nitrogens is 2. The number of carbonyl (C=O) groups excluding carboxylic acids is 2. The number of nitrogen functional groups attached to an aromatic ring is 1. The van der Waals surface area contributed by atoms with E-state index in [0.29, 0.717) is 21.4 Å². The van der Waals surface area contributed by atoms with Crippen molar-refractivity contribution in [1.29, 1.82) is 0 Å². The number of oxime groups is 1. The van der Waals surface area contributed by atoms with Gasteiger partial charge in [0.25, 0.3) is 0 Å². The van der Waals surface area contributed by atoms with Crippen LogP contribution in [0.2, 0.25) is 0 Å². The van der Waals surface area contributed by atoms with Crippen molar-refractivity contribution in [2.75, 3.05) is 12.3 Å². The van der Waals surface area contributed by atoms with Crippen LogP contribution < -0.4 is 16.2 Å². The first kappa shape index (κ1) is 27.0. The van der Waals surface area contributed by atoms with Gasteiger partial charge in [-0.3, -0.25) is 9.59 Å². The lowest BCUT2D eigenvalue weighted by Crippen LogP contribution is -2.32. The van der Waals surface area contributed by atoms with Gasteiger partial charge in [0.05, 0.1) is 12.8 Å². The molecule has 5 N–H and O–H groups in total. The molecule has 0 spiro atoms. The number of nitrogens with zero attached hydrogens (tertiary/aromatic N) is 3. The standard InChI is InChI=1S/C24H24N4O9/c25-18-12-13-28(23(32)26-18)24(33)37-21(31)14-35-19(29)10-11-20(30)36-17-8-6-16(7-9-17)22(27-34)15-4-2-1-3-5-15/h1-9,12-13,21,24,31,33-34H,10-11,14H2,(H2,25,26,32)/b27-22+. The van der Waals surface area contributed by atoms with Crippen molar-refractivity contribution >= 4 is 23.5 Å². The van der Waals surface area contributed by atoms with Crippen LogP contribution in [0.5, 0.6) is 5.75 Å². The maximum Gasteiger partial charge on any atom is 0.353 e. The van der Waals surface area contributed by atoms with E-state index in [1.807, 2.05) is 6.07 Å². The summed E-state index contributed by atoms with van der Waals surface area (Å²) in [5, 5.41) is 32.3. The summed E-state index contributed by atoms with van der Waals surface area (Å²) in [4.78, 5) is 39.0. The maximum absolute atomic E-state index is 12.1. The van der Waals surface area contributed by atoms with E-state index in [0.717, 1.165) is 6.20 Å². The van der Waals surface area contributed by atoms with E-state index in [1.54, 1.807) is 36.4 Å². The van der Waals surface area contributed by atoms with Gasteiger partial charge in [-0.15, -0.1) is 0 Å². The highest BCUT2D eigenvalue weighted by Gasteiger charge is 2.18. The van der Waals surface area contributed by atoms with Crippen molar-refractivity contribution in [2.24, 2.45) is 5.16 Å². The van der Waals surface area contributed by atoms with Gasteiger partial charge in [0, 0.05) is 17.3 Å². The normalized spacial score (nSPS) is 13.0. The second kappa shape index (κ2) is 12.9. The van der Waals surface area contributed by atoms with Crippen LogP contribution in [-0.2, 0) is 19.1 Å². The molecule has 0 radical (unpaired) electrons. The molecule has 13 heteroatoms. The zero-order valence-corrected chi connectivity index (χ0v) is 19.3. The molecule has 1 heterocycles. The Labute approximate surface area is 210 Å². The summed E-state index contributed by atoms with van der Waals surface area (Å²) in [5.41, 5.74) is 6.08. The molecule has 2 aromatic carbocycles. The van der Waals surface area contributed by atoms with Crippen molar-refractivity contribution in [1.82, 2.24) is 9.55 Å². The van der Waals surface area contributed by atoms with Crippen molar-refractivity contribution in [3.05, 3.63) is 88.5 Å². The molecule has 0 saturated carbocycles. The van der Waals surface area contributed by atoms with E-state index in [4.69, 9.17) is 19.9 Å². The van der Waals surface area contributed by atoms with Crippen LogP contribution in [0.1, 0.15) is 30.4 Å². The van der Waals surface area contributed by atoms with Crippen molar-refractivity contribution in [2.45, 2.75) is 25.5 Å². The Kier molecular flexibility index (Phi) is 9.43. The molecule has 0 aliphatic carbocycles. The molecule has 0 saturated heterocycles. The largest absolute Gasteiger partial charge is 0.460 e. The Hall–Kier alpha value is -4.59. The fraction of sp³-hybridized carbons (Fsp3) is 0.208. The maximum atomic E-state index is 12.1. The molecule has 3 aromatic rings. The van der Waals surface area contributed by atoms with Crippen LogP contribution in [0.4, 0.5) is 5.82 Å². The van der Waals surface area contributed by atoms with Gasteiger partial charge >= 0.3 is 17.6 Å². The first-order valence-electron chi connectivity index (χ1n) is 10.9. The Morgan fingerprint density at radius 2 is 1.62 bits per heavy atom. The number of ether oxygens (including phenoxy) is 3. The fourth-order valence-electron chi connectivity index (χ4n) is 3.02. The Morgan fingerprint density at radius 1 is 0.973 bits per heavy atom. The molecule has 1 aromatic heterocycles. The third-order valence-electron chi connectivity index (χ3n) is 4.80. The number of nitrogens with two attached hydrogens (primary N) is 1.